The van der Waals surface area contributed by atoms with Crippen molar-refractivity contribution in [2.24, 2.45) is 11.5 Å². The first-order valence-corrected chi connectivity index (χ1v) is 7.89. The van der Waals surface area contributed by atoms with E-state index in [9.17, 15) is 24.3 Å². The Hall–Kier alpha value is -2.24. The van der Waals surface area contributed by atoms with Crippen LogP contribution in [0.15, 0.2) is 0 Å². The second-order valence-corrected chi connectivity index (χ2v) is 5.49. The first kappa shape index (κ1) is 22.8. The van der Waals surface area contributed by atoms with Crippen molar-refractivity contribution in [2.75, 3.05) is 19.7 Å². The molecule has 0 aliphatic rings. The average molecular weight is 361 g/mol. The van der Waals surface area contributed by atoms with Crippen molar-refractivity contribution in [3.8, 4) is 0 Å². The summed E-state index contributed by atoms with van der Waals surface area (Å²) >= 11 is 0. The van der Waals surface area contributed by atoms with Crippen LogP contribution in [0.4, 0.5) is 0 Å². The third-order valence-electron chi connectivity index (χ3n) is 3.22. The largest absolute Gasteiger partial charge is 0.480 e. The van der Waals surface area contributed by atoms with Crippen LogP contribution in [0.1, 0.15) is 26.2 Å². The number of aliphatic hydroxyl groups is 1. The van der Waals surface area contributed by atoms with E-state index in [1.165, 1.54) is 6.92 Å². The van der Waals surface area contributed by atoms with E-state index in [0.717, 1.165) is 0 Å². The number of nitrogens with one attached hydrogen (secondary N) is 3. The highest BCUT2D eigenvalue weighted by Crippen LogP contribution is 2.02. The molecule has 9 N–H and O–H groups in total. The summed E-state index contributed by atoms with van der Waals surface area (Å²) in [5.41, 5.74) is 10.9. The summed E-state index contributed by atoms with van der Waals surface area (Å²) < 4.78 is 0. The van der Waals surface area contributed by atoms with Gasteiger partial charge < -0.3 is 37.6 Å². The molecule has 3 atom stereocenters. The number of carbonyl (C=O) groups is 4. The van der Waals surface area contributed by atoms with E-state index in [2.05, 4.69) is 16.0 Å². The molecule has 3 amide bonds. The Morgan fingerprint density at radius 3 is 2.08 bits per heavy atom. The number of rotatable bonds is 12. The first-order valence-electron chi connectivity index (χ1n) is 7.89. The number of unbranched alkanes of at least 4 members (excludes halogenated alkanes) is 1. The quantitative estimate of drug-likeness (QED) is 0.175. The third-order valence-corrected chi connectivity index (χ3v) is 3.22. The Balaban J connectivity index is 4.85. The number of carboxylic acids is 1. The molecular formula is C14H27N5O6. The van der Waals surface area contributed by atoms with E-state index in [1.807, 2.05) is 0 Å². The van der Waals surface area contributed by atoms with Crippen LogP contribution in [0.2, 0.25) is 0 Å². The van der Waals surface area contributed by atoms with Crippen LogP contribution < -0.4 is 27.4 Å². The van der Waals surface area contributed by atoms with E-state index >= 15 is 0 Å². The highest BCUT2D eigenvalue weighted by atomic mass is 16.4. The van der Waals surface area contributed by atoms with Crippen LogP contribution in [0.5, 0.6) is 0 Å². The van der Waals surface area contributed by atoms with Gasteiger partial charge in [-0.3, -0.25) is 19.2 Å². The number of hydrogen-bond acceptors (Lipinski definition) is 7. The Bertz CT molecular complexity index is 471. The fourth-order valence-corrected chi connectivity index (χ4v) is 1.82. The summed E-state index contributed by atoms with van der Waals surface area (Å²) in [7, 11) is 0. The standard InChI is InChI=1S/C14H27N5O6/c1-8(16)12(23)18-9(4-2-3-5-15)14(25)19-10(7-20)13(24)17-6-11(21)22/h8-10,20H,2-7,15-16H2,1H3,(H,17,24)(H,18,23)(H,19,25)(H,21,22). The molecule has 0 aliphatic heterocycles. The SMILES string of the molecule is CC(N)C(=O)NC(CCCCN)C(=O)NC(CO)C(=O)NCC(=O)O. The van der Waals surface area contributed by atoms with Crippen molar-refractivity contribution in [3.05, 3.63) is 0 Å². The second kappa shape index (κ2) is 12.2. The van der Waals surface area contributed by atoms with Crippen LogP contribution in [-0.2, 0) is 19.2 Å². The molecule has 25 heavy (non-hydrogen) atoms. The van der Waals surface area contributed by atoms with E-state index in [1.54, 1.807) is 0 Å². The summed E-state index contributed by atoms with van der Waals surface area (Å²) in [5.74, 6) is -3.34. The molecule has 0 aromatic carbocycles. The molecule has 0 aliphatic carbocycles. The lowest BCUT2D eigenvalue weighted by Crippen LogP contribution is -2.56. The number of amides is 3. The maximum Gasteiger partial charge on any atom is 0.322 e. The van der Waals surface area contributed by atoms with Crippen LogP contribution >= 0.6 is 0 Å². The van der Waals surface area contributed by atoms with Gasteiger partial charge in [0.1, 0.15) is 18.6 Å². The molecular weight excluding hydrogens is 334 g/mol. The van der Waals surface area contributed by atoms with Crippen molar-refractivity contribution < 1.29 is 29.4 Å². The number of hydrogen-bond donors (Lipinski definition) is 7. The normalized spacial score (nSPS) is 14.1. The fourth-order valence-electron chi connectivity index (χ4n) is 1.82. The van der Waals surface area contributed by atoms with Gasteiger partial charge in [0.05, 0.1) is 12.6 Å². The van der Waals surface area contributed by atoms with Crippen LogP contribution in [0.25, 0.3) is 0 Å². The molecule has 0 fully saturated rings. The van der Waals surface area contributed by atoms with Crippen LogP contribution in [0.3, 0.4) is 0 Å². The lowest BCUT2D eigenvalue weighted by atomic mass is 10.1. The molecule has 0 radical (unpaired) electrons. The molecule has 0 rings (SSSR count). The van der Waals surface area contributed by atoms with E-state index in [0.29, 0.717) is 19.4 Å². The van der Waals surface area contributed by atoms with Crippen LogP contribution in [0, 0.1) is 0 Å². The highest BCUT2D eigenvalue weighted by Gasteiger charge is 2.26. The van der Waals surface area contributed by atoms with Gasteiger partial charge in [-0.05, 0) is 32.7 Å². The molecule has 11 nitrogen and oxygen atoms in total. The lowest BCUT2D eigenvalue weighted by molar-refractivity contribution is -0.139. The second-order valence-electron chi connectivity index (χ2n) is 5.49. The topological polar surface area (TPSA) is 197 Å². The Morgan fingerprint density at radius 2 is 1.60 bits per heavy atom. The third kappa shape index (κ3) is 9.59. The van der Waals surface area contributed by atoms with Gasteiger partial charge in [0.2, 0.25) is 17.7 Å². The lowest BCUT2D eigenvalue weighted by Gasteiger charge is -2.22. The highest BCUT2D eigenvalue weighted by molar-refractivity contribution is 5.93. The van der Waals surface area contributed by atoms with Crippen molar-refractivity contribution in [2.45, 2.75) is 44.3 Å². The van der Waals surface area contributed by atoms with Gasteiger partial charge in [-0.2, -0.15) is 0 Å². The Kier molecular flexibility index (Phi) is 11.1. The van der Waals surface area contributed by atoms with Crippen molar-refractivity contribution in [1.29, 1.82) is 0 Å². The minimum atomic E-state index is -1.34. The smallest absolute Gasteiger partial charge is 0.322 e. The predicted octanol–water partition coefficient (Wildman–Crippen LogP) is -3.37. The molecule has 0 aromatic rings. The number of carbonyl (C=O) groups excluding carboxylic acids is 3. The molecule has 11 heteroatoms. The minimum Gasteiger partial charge on any atom is -0.480 e. The van der Waals surface area contributed by atoms with Gasteiger partial charge in [-0.1, -0.05) is 0 Å². The molecule has 0 aromatic heterocycles. The molecule has 0 heterocycles. The van der Waals surface area contributed by atoms with E-state index in [4.69, 9.17) is 16.6 Å². The number of aliphatic carboxylic acids is 1. The molecule has 0 spiro atoms. The van der Waals surface area contributed by atoms with Gasteiger partial charge in [0.25, 0.3) is 0 Å². The summed E-state index contributed by atoms with van der Waals surface area (Å²) in [6, 6.07) is -3.11. The number of carboxylic acid groups (broad SMARTS) is 1. The van der Waals surface area contributed by atoms with Gasteiger partial charge >= 0.3 is 5.97 Å². The van der Waals surface area contributed by atoms with Crippen LogP contribution in [-0.4, -0.2) is 71.7 Å². The van der Waals surface area contributed by atoms with Gasteiger partial charge in [-0.15, -0.1) is 0 Å². The first-order chi connectivity index (χ1) is 11.7. The monoisotopic (exact) mass is 361 g/mol. The maximum absolute atomic E-state index is 12.3. The van der Waals surface area contributed by atoms with Crippen molar-refractivity contribution >= 4 is 23.7 Å². The Morgan fingerprint density at radius 1 is 1.00 bits per heavy atom. The summed E-state index contributed by atoms with van der Waals surface area (Å²) in [6.07, 6.45) is 1.47. The predicted molar refractivity (Wildman–Crippen MR) is 88.1 cm³/mol. The van der Waals surface area contributed by atoms with E-state index in [-0.39, 0.29) is 6.42 Å². The molecule has 0 bridgehead atoms. The molecule has 144 valence electrons. The fraction of sp³-hybridized carbons (Fsp3) is 0.714. The zero-order valence-electron chi connectivity index (χ0n) is 14.2. The minimum absolute atomic E-state index is 0.274. The zero-order valence-corrected chi connectivity index (χ0v) is 14.2. The molecule has 0 saturated carbocycles. The van der Waals surface area contributed by atoms with Gasteiger partial charge in [0.15, 0.2) is 0 Å². The molecule has 3 unspecified atom stereocenters. The summed E-state index contributed by atoms with van der Waals surface area (Å²) in [6.45, 7) is 0.507. The maximum atomic E-state index is 12.3. The zero-order chi connectivity index (χ0) is 19.4. The van der Waals surface area contributed by atoms with Gasteiger partial charge in [0, 0.05) is 0 Å². The van der Waals surface area contributed by atoms with Crippen molar-refractivity contribution in [3.63, 3.8) is 0 Å². The number of aliphatic hydroxyl groups excluding tert-OH is 1. The molecule has 0 saturated heterocycles. The van der Waals surface area contributed by atoms with Gasteiger partial charge in [-0.25, -0.2) is 0 Å². The Labute approximate surface area is 145 Å². The van der Waals surface area contributed by atoms with Crippen molar-refractivity contribution in [1.82, 2.24) is 16.0 Å². The number of nitrogens with two attached hydrogens (primary N) is 2. The summed E-state index contributed by atoms with van der Waals surface area (Å²) in [4.78, 5) is 46.2. The average Bonchev–Trinajstić information content (AvgIpc) is 2.56. The van der Waals surface area contributed by atoms with E-state index < -0.39 is 55.0 Å². The summed E-state index contributed by atoms with van der Waals surface area (Å²) in [5, 5.41) is 24.6.